The Morgan fingerprint density at radius 3 is 1.91 bits per heavy atom. The summed E-state index contributed by atoms with van der Waals surface area (Å²) >= 11 is 0. The van der Waals surface area contributed by atoms with Crippen molar-refractivity contribution in [3.05, 3.63) is 12.3 Å². The second-order valence-electron chi connectivity index (χ2n) is 5.24. The van der Waals surface area contributed by atoms with Crippen LogP contribution in [0, 0.1) is 5.92 Å². The number of rotatable bonds is 10. The number of carboxylic acid groups (broad SMARTS) is 1. The summed E-state index contributed by atoms with van der Waals surface area (Å²) in [6.07, 6.45) is 2.54. The van der Waals surface area contributed by atoms with Gasteiger partial charge in [-0.2, -0.15) is 0 Å². The van der Waals surface area contributed by atoms with E-state index in [0.29, 0.717) is 32.1 Å². The van der Waals surface area contributed by atoms with Gasteiger partial charge < -0.3 is 20.3 Å². The Hall–Kier alpha value is -1.69. The van der Waals surface area contributed by atoms with Crippen molar-refractivity contribution in [2.24, 2.45) is 5.92 Å². The first-order valence-electron chi connectivity index (χ1n) is 7.42. The predicted octanol–water partition coefficient (Wildman–Crippen LogP) is 2.48. The standard InChI is InChI=1S/C8H15NO2.C8H14O3/c1-6(10)4-5-8(9-3)7(2)11;1-3-7(8(10)11)5-4-6(2)9/h8-10H,1,4-5H2,2-3H3;7H,3-5H2,1-2H3,(H,10,11). The number of aliphatic hydroxyl groups excluding tert-OH is 1. The van der Waals surface area contributed by atoms with Gasteiger partial charge in [0, 0.05) is 12.8 Å². The topological polar surface area (TPSA) is 104 Å². The van der Waals surface area contributed by atoms with Crippen LogP contribution < -0.4 is 5.32 Å². The van der Waals surface area contributed by atoms with Crippen molar-refractivity contribution in [1.82, 2.24) is 5.32 Å². The number of carbonyl (C=O) groups excluding carboxylic acids is 2. The van der Waals surface area contributed by atoms with Gasteiger partial charge in [0.15, 0.2) is 0 Å². The first-order chi connectivity index (χ1) is 10.1. The molecule has 0 amide bonds. The monoisotopic (exact) mass is 315 g/mol. The zero-order valence-electron chi connectivity index (χ0n) is 14.0. The highest BCUT2D eigenvalue weighted by atomic mass is 16.4. The number of carbonyl (C=O) groups is 3. The molecule has 22 heavy (non-hydrogen) atoms. The van der Waals surface area contributed by atoms with Gasteiger partial charge in [-0.05, 0) is 40.2 Å². The van der Waals surface area contributed by atoms with Gasteiger partial charge in [0.05, 0.1) is 17.7 Å². The zero-order chi connectivity index (χ0) is 17.7. The van der Waals surface area contributed by atoms with Crippen molar-refractivity contribution in [2.45, 2.75) is 58.9 Å². The van der Waals surface area contributed by atoms with Crippen molar-refractivity contribution in [1.29, 1.82) is 0 Å². The molecule has 0 fully saturated rings. The van der Waals surface area contributed by atoms with Gasteiger partial charge >= 0.3 is 5.97 Å². The number of carboxylic acids is 1. The van der Waals surface area contributed by atoms with E-state index in [2.05, 4.69) is 11.9 Å². The molecule has 0 aliphatic rings. The van der Waals surface area contributed by atoms with Crippen LogP contribution >= 0.6 is 0 Å². The second kappa shape index (κ2) is 13.0. The van der Waals surface area contributed by atoms with Gasteiger partial charge in [0.25, 0.3) is 0 Å². The Morgan fingerprint density at radius 1 is 1.09 bits per heavy atom. The van der Waals surface area contributed by atoms with E-state index in [9.17, 15) is 14.4 Å². The number of hydrogen-bond donors (Lipinski definition) is 3. The van der Waals surface area contributed by atoms with Crippen LogP contribution in [0.25, 0.3) is 0 Å². The van der Waals surface area contributed by atoms with Gasteiger partial charge in [-0.15, -0.1) is 0 Å². The van der Waals surface area contributed by atoms with Crippen LogP contribution in [0.15, 0.2) is 12.3 Å². The van der Waals surface area contributed by atoms with Crippen LogP contribution in [-0.2, 0) is 14.4 Å². The summed E-state index contributed by atoms with van der Waals surface area (Å²) < 4.78 is 0. The number of likely N-dealkylation sites (N-methyl/N-ethyl adjacent to an activating group) is 1. The number of ketones is 2. The molecule has 0 rings (SSSR count). The number of aliphatic hydroxyl groups is 1. The maximum Gasteiger partial charge on any atom is 0.306 e. The lowest BCUT2D eigenvalue weighted by molar-refractivity contribution is -0.142. The van der Waals surface area contributed by atoms with Crippen LogP contribution in [0.5, 0.6) is 0 Å². The Balaban J connectivity index is 0. The summed E-state index contributed by atoms with van der Waals surface area (Å²) in [4.78, 5) is 31.7. The van der Waals surface area contributed by atoms with Crippen LogP contribution in [0.3, 0.4) is 0 Å². The molecule has 0 bridgehead atoms. The van der Waals surface area contributed by atoms with E-state index in [1.807, 2.05) is 6.92 Å². The highest BCUT2D eigenvalue weighted by Gasteiger charge is 2.14. The molecule has 0 spiro atoms. The Morgan fingerprint density at radius 2 is 1.64 bits per heavy atom. The smallest absolute Gasteiger partial charge is 0.306 e. The van der Waals surface area contributed by atoms with E-state index in [4.69, 9.17) is 10.2 Å². The van der Waals surface area contributed by atoms with Crippen LogP contribution in [0.4, 0.5) is 0 Å². The quantitative estimate of drug-likeness (QED) is 0.535. The number of allylic oxidation sites excluding steroid dienone is 1. The number of nitrogens with one attached hydrogen (secondary N) is 1. The molecule has 2 unspecified atom stereocenters. The molecule has 0 aliphatic heterocycles. The van der Waals surface area contributed by atoms with E-state index in [0.717, 1.165) is 0 Å². The minimum atomic E-state index is -0.797. The zero-order valence-corrected chi connectivity index (χ0v) is 14.0. The molecule has 6 heteroatoms. The normalized spacial score (nSPS) is 12.5. The summed E-state index contributed by atoms with van der Waals surface area (Å²) in [7, 11) is 1.73. The van der Waals surface area contributed by atoms with Crippen molar-refractivity contribution < 1.29 is 24.6 Å². The third-order valence-corrected chi connectivity index (χ3v) is 3.25. The lowest BCUT2D eigenvalue weighted by Gasteiger charge is -2.10. The minimum absolute atomic E-state index is 0.0599. The lowest BCUT2D eigenvalue weighted by Crippen LogP contribution is -2.32. The maximum atomic E-state index is 10.8. The molecule has 6 nitrogen and oxygen atoms in total. The maximum absolute atomic E-state index is 10.8. The Kier molecular flexibility index (Phi) is 13.4. The number of aliphatic carboxylic acids is 1. The van der Waals surface area contributed by atoms with Crippen LogP contribution in [0.1, 0.15) is 52.9 Å². The van der Waals surface area contributed by atoms with Crippen molar-refractivity contribution >= 4 is 17.5 Å². The second-order valence-corrected chi connectivity index (χ2v) is 5.24. The van der Waals surface area contributed by atoms with Crippen molar-refractivity contribution in [3.63, 3.8) is 0 Å². The number of Topliss-reactive ketones (excluding diaryl/α,β-unsaturated/α-hetero) is 2. The van der Waals surface area contributed by atoms with Crippen LogP contribution in [0.2, 0.25) is 0 Å². The highest BCUT2D eigenvalue weighted by Crippen LogP contribution is 2.10. The summed E-state index contributed by atoms with van der Waals surface area (Å²) in [6, 6.07) is -0.154. The van der Waals surface area contributed by atoms with E-state index < -0.39 is 5.97 Å². The molecule has 2 atom stereocenters. The molecule has 0 aromatic carbocycles. The van der Waals surface area contributed by atoms with E-state index in [-0.39, 0.29) is 29.3 Å². The average Bonchev–Trinajstić information content (AvgIpc) is 2.39. The summed E-state index contributed by atoms with van der Waals surface area (Å²) in [5.41, 5.74) is 0. The summed E-state index contributed by atoms with van der Waals surface area (Å²) in [5.74, 6) is -0.863. The van der Waals surface area contributed by atoms with Gasteiger partial charge in [-0.3, -0.25) is 9.59 Å². The first-order valence-corrected chi connectivity index (χ1v) is 7.42. The van der Waals surface area contributed by atoms with E-state index >= 15 is 0 Å². The molecule has 3 N–H and O–H groups in total. The molecule has 0 saturated heterocycles. The fourth-order valence-corrected chi connectivity index (χ4v) is 1.74. The van der Waals surface area contributed by atoms with Gasteiger partial charge in [0.1, 0.15) is 11.6 Å². The summed E-state index contributed by atoms with van der Waals surface area (Å²) in [6.45, 7) is 8.17. The van der Waals surface area contributed by atoms with Gasteiger partial charge in [-0.1, -0.05) is 13.5 Å². The van der Waals surface area contributed by atoms with Crippen molar-refractivity contribution in [2.75, 3.05) is 7.05 Å². The molecule has 0 radical (unpaired) electrons. The van der Waals surface area contributed by atoms with E-state index in [1.165, 1.54) is 13.8 Å². The van der Waals surface area contributed by atoms with Crippen molar-refractivity contribution in [3.8, 4) is 0 Å². The molecular formula is C16H29NO5. The molecule has 0 aromatic rings. The molecule has 0 aromatic heterocycles. The number of hydrogen-bond acceptors (Lipinski definition) is 5. The SMILES string of the molecule is C=C(O)CCC(NC)C(C)=O.CCC(CCC(C)=O)C(=O)O. The molecule has 0 aliphatic carbocycles. The average molecular weight is 315 g/mol. The molecular weight excluding hydrogens is 286 g/mol. The predicted molar refractivity (Wildman–Crippen MR) is 85.9 cm³/mol. The molecule has 0 heterocycles. The fourth-order valence-electron chi connectivity index (χ4n) is 1.74. The Labute approximate surface area is 132 Å². The Bertz CT molecular complexity index is 343. The van der Waals surface area contributed by atoms with Crippen LogP contribution in [-0.4, -0.2) is 40.8 Å². The third-order valence-electron chi connectivity index (χ3n) is 3.25. The fraction of sp³-hybridized carbons (Fsp3) is 0.688. The molecule has 0 saturated carbocycles. The van der Waals surface area contributed by atoms with E-state index in [1.54, 1.807) is 7.05 Å². The molecule has 128 valence electrons. The minimum Gasteiger partial charge on any atom is -0.513 e. The van der Waals surface area contributed by atoms with Gasteiger partial charge in [0.2, 0.25) is 0 Å². The third kappa shape index (κ3) is 13.3. The first kappa shape index (κ1) is 22.6. The van der Waals surface area contributed by atoms with Gasteiger partial charge in [-0.25, -0.2) is 0 Å². The highest BCUT2D eigenvalue weighted by molar-refractivity contribution is 5.81. The summed E-state index contributed by atoms with van der Waals surface area (Å²) in [5, 5.41) is 20.2. The lowest BCUT2D eigenvalue weighted by atomic mass is 10.00. The largest absolute Gasteiger partial charge is 0.513 e.